The molecule has 0 spiro atoms. The van der Waals surface area contributed by atoms with E-state index in [1.165, 1.54) is 6.08 Å². The van der Waals surface area contributed by atoms with E-state index in [9.17, 15) is 24.0 Å². The minimum Gasteiger partial charge on any atom is -0.410 e. The van der Waals surface area contributed by atoms with Crippen molar-refractivity contribution in [1.29, 1.82) is 0 Å². The van der Waals surface area contributed by atoms with Crippen molar-refractivity contribution >= 4 is 29.6 Å². The molecule has 1 aliphatic heterocycles. The number of carbonyl (C=O) groups is 5. The number of ether oxygens (including phenoxy) is 1. The fraction of sp³-hybridized carbons (Fsp3) is 0.417. The number of carbonyl (C=O) groups excluding carboxylic acids is 5. The van der Waals surface area contributed by atoms with Gasteiger partial charge in [-0.25, -0.2) is 4.79 Å². The SMILES string of the molecule is C=CCCC(NC(=O)[C@@H]1C2C(CN1C(=O)[C@@H](NC(=O)Oc1ccccc1)C1Cc3ccccc3C1)C2(C)C)C(=O)C(=O)NCC=C. The molecule has 0 bridgehead atoms. The zero-order valence-corrected chi connectivity index (χ0v) is 26.4. The van der Waals surface area contributed by atoms with Crippen LogP contribution in [0, 0.1) is 23.2 Å². The zero-order chi connectivity index (χ0) is 33.0. The van der Waals surface area contributed by atoms with Crippen molar-refractivity contribution in [2.45, 2.75) is 57.7 Å². The van der Waals surface area contributed by atoms with Gasteiger partial charge in [-0.15, -0.1) is 13.2 Å². The molecule has 2 aromatic rings. The molecule has 5 atom stereocenters. The summed E-state index contributed by atoms with van der Waals surface area (Å²) in [6.07, 6.45) is 4.06. The first-order valence-corrected chi connectivity index (χ1v) is 15.8. The molecule has 3 N–H and O–H groups in total. The summed E-state index contributed by atoms with van der Waals surface area (Å²) in [4.78, 5) is 68.8. The highest BCUT2D eigenvalue weighted by Crippen LogP contribution is 2.65. The van der Waals surface area contributed by atoms with E-state index in [0.29, 0.717) is 31.6 Å². The van der Waals surface area contributed by atoms with Crippen LogP contribution in [0.5, 0.6) is 5.75 Å². The molecule has 0 radical (unpaired) electrons. The minimum absolute atomic E-state index is 0.0723. The molecule has 242 valence electrons. The average Bonchev–Trinajstić information content (AvgIpc) is 3.40. The van der Waals surface area contributed by atoms with Crippen LogP contribution in [-0.2, 0) is 32.0 Å². The predicted molar refractivity (Wildman–Crippen MR) is 173 cm³/mol. The third-order valence-electron chi connectivity index (χ3n) is 9.73. The summed E-state index contributed by atoms with van der Waals surface area (Å²) in [5, 5.41) is 8.12. The fourth-order valence-electron chi connectivity index (χ4n) is 7.17. The highest BCUT2D eigenvalue weighted by Gasteiger charge is 2.69. The molecule has 3 aliphatic rings. The van der Waals surface area contributed by atoms with Crippen molar-refractivity contribution in [3.63, 3.8) is 0 Å². The second-order valence-corrected chi connectivity index (χ2v) is 12.9. The van der Waals surface area contributed by atoms with Crippen molar-refractivity contribution in [2.24, 2.45) is 23.2 Å². The third-order valence-corrected chi connectivity index (χ3v) is 9.73. The molecular weight excluding hydrogens is 584 g/mol. The van der Waals surface area contributed by atoms with Crippen LogP contribution < -0.4 is 20.7 Å². The molecule has 2 aromatic carbocycles. The molecule has 0 aromatic heterocycles. The second kappa shape index (κ2) is 13.7. The summed E-state index contributed by atoms with van der Waals surface area (Å²) >= 11 is 0. The van der Waals surface area contributed by atoms with Crippen LogP contribution >= 0.6 is 0 Å². The Labute approximate surface area is 269 Å². The van der Waals surface area contributed by atoms with Gasteiger partial charge in [-0.1, -0.05) is 68.5 Å². The van der Waals surface area contributed by atoms with Gasteiger partial charge in [0.25, 0.3) is 5.91 Å². The number of allylic oxidation sites excluding steroid dienone is 1. The number of benzene rings is 2. The minimum atomic E-state index is -1.09. The first kappa shape index (κ1) is 32.7. The number of hydrogen-bond acceptors (Lipinski definition) is 6. The van der Waals surface area contributed by atoms with E-state index in [-0.39, 0.29) is 42.0 Å². The maximum atomic E-state index is 14.5. The molecule has 1 saturated heterocycles. The largest absolute Gasteiger partial charge is 0.413 e. The summed E-state index contributed by atoms with van der Waals surface area (Å²) in [7, 11) is 0. The molecule has 2 aliphatic carbocycles. The van der Waals surface area contributed by atoms with Gasteiger partial charge in [0.15, 0.2) is 0 Å². The predicted octanol–water partition coefficient (Wildman–Crippen LogP) is 3.36. The standard InChI is InChI=1S/C36H42N4O6/c1-5-7-17-27(31(41)33(43)37-18-6-2)38-32(42)30-28-26(36(28,3)4)21-40(30)34(44)29(24-19-22-13-11-12-14-23(22)20-24)39-35(45)46-25-15-9-8-10-16-25/h5-6,8-16,24,26-30H,1-2,7,17-21H2,3-4H3,(H,37,43)(H,38,42)(H,39,45)/t26?,27?,28?,29-,30-/m0/s1. The maximum absolute atomic E-state index is 14.5. The van der Waals surface area contributed by atoms with Gasteiger partial charge in [0, 0.05) is 13.1 Å². The van der Waals surface area contributed by atoms with Gasteiger partial charge in [-0.05, 0) is 72.1 Å². The Morgan fingerprint density at radius 3 is 2.24 bits per heavy atom. The Bertz CT molecular complexity index is 1500. The van der Waals surface area contributed by atoms with Crippen LogP contribution in [0.4, 0.5) is 4.79 Å². The Morgan fingerprint density at radius 1 is 0.957 bits per heavy atom. The third kappa shape index (κ3) is 6.76. The molecule has 3 unspecified atom stereocenters. The lowest BCUT2D eigenvalue weighted by atomic mass is 9.93. The molecule has 10 heteroatoms. The van der Waals surface area contributed by atoms with Crippen LogP contribution in [0.1, 0.15) is 37.8 Å². The summed E-state index contributed by atoms with van der Waals surface area (Å²) in [5.74, 6) is -2.44. The lowest BCUT2D eigenvalue weighted by Gasteiger charge is -2.35. The number of rotatable bonds is 13. The fourth-order valence-corrected chi connectivity index (χ4v) is 7.17. The van der Waals surface area contributed by atoms with Gasteiger partial charge in [0.05, 0.1) is 6.04 Å². The molecule has 5 rings (SSSR count). The van der Waals surface area contributed by atoms with Crippen LogP contribution in [0.15, 0.2) is 79.9 Å². The van der Waals surface area contributed by atoms with Crippen LogP contribution in [0.3, 0.4) is 0 Å². The Balaban J connectivity index is 1.39. The monoisotopic (exact) mass is 626 g/mol. The smallest absolute Gasteiger partial charge is 0.410 e. The van der Waals surface area contributed by atoms with E-state index in [1.54, 1.807) is 41.3 Å². The number of fused-ring (bicyclic) bond motifs is 2. The topological polar surface area (TPSA) is 134 Å². The molecule has 4 amide bonds. The molecule has 1 heterocycles. The summed E-state index contributed by atoms with van der Waals surface area (Å²) in [5.41, 5.74) is 2.03. The first-order chi connectivity index (χ1) is 22.1. The van der Waals surface area contributed by atoms with Gasteiger partial charge in [0.2, 0.25) is 17.6 Å². The van der Waals surface area contributed by atoms with Gasteiger partial charge in [-0.3, -0.25) is 19.2 Å². The van der Waals surface area contributed by atoms with Crippen LogP contribution in [0.25, 0.3) is 0 Å². The van der Waals surface area contributed by atoms with Crippen molar-refractivity contribution in [3.8, 4) is 5.75 Å². The number of Topliss-reactive ketones (excluding diaryl/α,β-unsaturated/α-hetero) is 1. The highest BCUT2D eigenvalue weighted by atomic mass is 16.6. The Kier molecular flexibility index (Phi) is 9.74. The van der Waals surface area contributed by atoms with E-state index in [0.717, 1.165) is 11.1 Å². The number of amides is 4. The maximum Gasteiger partial charge on any atom is 0.413 e. The van der Waals surface area contributed by atoms with Crippen molar-refractivity contribution in [1.82, 2.24) is 20.9 Å². The van der Waals surface area contributed by atoms with Gasteiger partial charge >= 0.3 is 6.09 Å². The number of nitrogens with zero attached hydrogens (tertiary/aromatic N) is 1. The van der Waals surface area contributed by atoms with Crippen molar-refractivity contribution in [3.05, 3.63) is 91.0 Å². The van der Waals surface area contributed by atoms with Gasteiger partial charge < -0.3 is 25.6 Å². The second-order valence-electron chi connectivity index (χ2n) is 12.9. The van der Waals surface area contributed by atoms with Gasteiger partial charge in [0.1, 0.15) is 17.8 Å². The zero-order valence-electron chi connectivity index (χ0n) is 26.4. The first-order valence-electron chi connectivity index (χ1n) is 15.8. The summed E-state index contributed by atoms with van der Waals surface area (Å²) in [6.45, 7) is 11.8. The number of hydrogen-bond donors (Lipinski definition) is 3. The quantitative estimate of drug-likeness (QED) is 0.231. The average molecular weight is 627 g/mol. The van der Waals surface area contributed by atoms with Crippen molar-refractivity contribution < 1.29 is 28.7 Å². The van der Waals surface area contributed by atoms with E-state index >= 15 is 0 Å². The summed E-state index contributed by atoms with van der Waals surface area (Å²) < 4.78 is 5.51. The molecule has 2 fully saturated rings. The highest BCUT2D eigenvalue weighted by molar-refractivity contribution is 6.38. The van der Waals surface area contributed by atoms with Gasteiger partial charge in [-0.2, -0.15) is 0 Å². The number of likely N-dealkylation sites (tertiary alicyclic amines) is 1. The lowest BCUT2D eigenvalue weighted by molar-refractivity contribution is -0.144. The van der Waals surface area contributed by atoms with E-state index < -0.39 is 41.8 Å². The molecule has 10 nitrogen and oxygen atoms in total. The number of para-hydroxylation sites is 1. The van der Waals surface area contributed by atoms with Crippen molar-refractivity contribution in [2.75, 3.05) is 13.1 Å². The Morgan fingerprint density at radius 2 is 1.61 bits per heavy atom. The van der Waals surface area contributed by atoms with Crippen LogP contribution in [-0.4, -0.2) is 65.7 Å². The molecule has 46 heavy (non-hydrogen) atoms. The number of nitrogens with one attached hydrogen (secondary N) is 3. The molecule has 1 saturated carbocycles. The lowest BCUT2D eigenvalue weighted by Crippen LogP contribution is -2.59. The van der Waals surface area contributed by atoms with Crippen LogP contribution in [0.2, 0.25) is 0 Å². The summed E-state index contributed by atoms with van der Waals surface area (Å²) in [6, 6.07) is 13.6. The normalized spacial score (nSPS) is 22.0. The van der Waals surface area contributed by atoms with E-state index in [4.69, 9.17) is 4.74 Å². The number of ketones is 1. The Hall–Kier alpha value is -4.73. The van der Waals surface area contributed by atoms with E-state index in [1.807, 2.05) is 24.3 Å². The van der Waals surface area contributed by atoms with E-state index in [2.05, 4.69) is 43.0 Å². The number of piperidine rings is 1. The molecular formula is C36H42N4O6.